The molecular weight excluding hydrogens is 277 g/mol. The van der Waals surface area contributed by atoms with Crippen LogP contribution >= 0.6 is 23.2 Å². The molecule has 1 amide bonds. The summed E-state index contributed by atoms with van der Waals surface area (Å²) in [4.78, 5) is 12.0. The van der Waals surface area contributed by atoms with Gasteiger partial charge in [-0.15, -0.1) is 10.2 Å². The third-order valence-corrected chi connectivity index (χ3v) is 2.79. The highest BCUT2D eigenvalue weighted by molar-refractivity contribution is 6.31. The van der Waals surface area contributed by atoms with Crippen LogP contribution in [0.3, 0.4) is 0 Å². The van der Waals surface area contributed by atoms with E-state index in [9.17, 15) is 4.79 Å². The molecule has 0 spiro atoms. The standard InChI is InChI=1S/C11H5Cl2N3O2/c12-5-1-2-8-7(3-5)14-10(17)6-4-9(13)15-16-11(6)18-8/h1-4H,(H,14,17). The van der Waals surface area contributed by atoms with E-state index >= 15 is 0 Å². The molecule has 2 aromatic rings. The number of carbonyl (C=O) groups excluding carboxylic acids is 1. The van der Waals surface area contributed by atoms with Crippen molar-refractivity contribution in [1.82, 2.24) is 10.2 Å². The quantitative estimate of drug-likeness (QED) is 0.806. The first-order valence-corrected chi connectivity index (χ1v) is 5.71. The summed E-state index contributed by atoms with van der Waals surface area (Å²) in [6, 6.07) is 6.28. The van der Waals surface area contributed by atoms with Crippen LogP contribution in [0.15, 0.2) is 24.3 Å². The molecule has 2 heterocycles. The van der Waals surface area contributed by atoms with Crippen LogP contribution in [0.5, 0.6) is 11.6 Å². The van der Waals surface area contributed by atoms with Crippen molar-refractivity contribution < 1.29 is 9.53 Å². The van der Waals surface area contributed by atoms with E-state index in [2.05, 4.69) is 15.5 Å². The SMILES string of the molecule is O=C1Nc2cc(Cl)ccc2Oc2nnc(Cl)cc21. The van der Waals surface area contributed by atoms with Gasteiger partial charge in [0, 0.05) is 5.02 Å². The number of benzene rings is 1. The fourth-order valence-electron chi connectivity index (χ4n) is 1.58. The Morgan fingerprint density at radius 1 is 1.17 bits per heavy atom. The number of aromatic nitrogens is 2. The average Bonchev–Trinajstić information content (AvgIpc) is 2.46. The lowest BCUT2D eigenvalue weighted by Crippen LogP contribution is -2.11. The van der Waals surface area contributed by atoms with Gasteiger partial charge in [-0.1, -0.05) is 23.2 Å². The summed E-state index contributed by atoms with van der Waals surface area (Å²) in [5.74, 6) is 0.184. The summed E-state index contributed by atoms with van der Waals surface area (Å²) < 4.78 is 5.51. The Morgan fingerprint density at radius 2 is 2.00 bits per heavy atom. The minimum absolute atomic E-state index is 0.109. The summed E-state index contributed by atoms with van der Waals surface area (Å²) >= 11 is 11.6. The van der Waals surface area contributed by atoms with E-state index in [1.165, 1.54) is 6.07 Å². The van der Waals surface area contributed by atoms with Crippen molar-refractivity contribution in [3.63, 3.8) is 0 Å². The highest BCUT2D eigenvalue weighted by atomic mass is 35.5. The molecule has 1 aromatic carbocycles. The number of ether oxygens (including phenoxy) is 1. The van der Waals surface area contributed by atoms with Crippen LogP contribution in [-0.2, 0) is 0 Å². The number of anilines is 1. The second kappa shape index (κ2) is 4.12. The first-order valence-electron chi connectivity index (χ1n) is 4.95. The zero-order valence-corrected chi connectivity index (χ0v) is 10.3. The van der Waals surface area contributed by atoms with Gasteiger partial charge in [-0.3, -0.25) is 4.79 Å². The van der Waals surface area contributed by atoms with Crippen LogP contribution in [0.1, 0.15) is 10.4 Å². The Labute approximate surface area is 112 Å². The summed E-state index contributed by atoms with van der Waals surface area (Å²) in [6.45, 7) is 0. The van der Waals surface area contributed by atoms with Crippen molar-refractivity contribution in [3.05, 3.63) is 40.0 Å². The van der Waals surface area contributed by atoms with E-state index in [-0.39, 0.29) is 22.5 Å². The van der Waals surface area contributed by atoms with E-state index in [0.717, 1.165) is 0 Å². The number of amides is 1. The summed E-state index contributed by atoms with van der Waals surface area (Å²) in [6.07, 6.45) is 0. The van der Waals surface area contributed by atoms with Gasteiger partial charge in [0.1, 0.15) is 5.56 Å². The van der Waals surface area contributed by atoms with Crippen LogP contribution in [0, 0.1) is 0 Å². The minimum Gasteiger partial charge on any atom is -0.435 e. The number of hydrogen-bond donors (Lipinski definition) is 1. The lowest BCUT2D eigenvalue weighted by atomic mass is 10.2. The highest BCUT2D eigenvalue weighted by Crippen LogP contribution is 2.36. The number of nitrogens with zero attached hydrogens (tertiary/aromatic N) is 2. The van der Waals surface area contributed by atoms with Gasteiger partial charge >= 0.3 is 0 Å². The first kappa shape index (κ1) is 11.3. The number of fused-ring (bicyclic) bond motifs is 2. The predicted molar refractivity (Wildman–Crippen MR) is 66.5 cm³/mol. The van der Waals surface area contributed by atoms with Crippen molar-refractivity contribution in [2.45, 2.75) is 0 Å². The first-order chi connectivity index (χ1) is 8.63. The molecule has 90 valence electrons. The molecule has 0 atom stereocenters. The van der Waals surface area contributed by atoms with E-state index < -0.39 is 0 Å². The van der Waals surface area contributed by atoms with Crippen LogP contribution < -0.4 is 10.1 Å². The predicted octanol–water partition coefficient (Wildman–Crippen LogP) is 3.14. The second-order valence-electron chi connectivity index (χ2n) is 3.58. The zero-order chi connectivity index (χ0) is 12.7. The third-order valence-electron chi connectivity index (χ3n) is 2.37. The molecule has 0 saturated heterocycles. The Balaban J connectivity index is 2.16. The molecule has 5 nitrogen and oxygen atoms in total. The summed E-state index contributed by atoms with van der Waals surface area (Å²) in [5, 5.41) is 10.7. The van der Waals surface area contributed by atoms with Gasteiger partial charge in [-0.25, -0.2) is 0 Å². The highest BCUT2D eigenvalue weighted by Gasteiger charge is 2.23. The molecule has 7 heteroatoms. The maximum Gasteiger partial charge on any atom is 0.261 e. The zero-order valence-electron chi connectivity index (χ0n) is 8.78. The minimum atomic E-state index is -0.372. The molecule has 3 rings (SSSR count). The summed E-state index contributed by atoms with van der Waals surface area (Å²) in [7, 11) is 0. The Morgan fingerprint density at radius 3 is 2.83 bits per heavy atom. The normalized spacial score (nSPS) is 12.9. The van der Waals surface area contributed by atoms with Crippen LogP contribution in [-0.4, -0.2) is 16.1 Å². The topological polar surface area (TPSA) is 64.1 Å². The molecule has 1 N–H and O–H groups in total. The molecule has 1 aliphatic rings. The van der Waals surface area contributed by atoms with Crippen LogP contribution in [0.25, 0.3) is 0 Å². The molecule has 0 fully saturated rings. The van der Waals surface area contributed by atoms with Crippen molar-refractivity contribution in [1.29, 1.82) is 0 Å². The van der Waals surface area contributed by atoms with Crippen LogP contribution in [0.2, 0.25) is 10.2 Å². The van der Waals surface area contributed by atoms with Crippen molar-refractivity contribution in [2.24, 2.45) is 0 Å². The number of carbonyl (C=O) groups is 1. The fourth-order valence-corrected chi connectivity index (χ4v) is 1.90. The van der Waals surface area contributed by atoms with Crippen molar-refractivity contribution >= 4 is 34.8 Å². The van der Waals surface area contributed by atoms with Gasteiger partial charge in [-0.05, 0) is 24.3 Å². The lowest BCUT2D eigenvalue weighted by molar-refractivity contribution is 0.102. The lowest BCUT2D eigenvalue weighted by Gasteiger charge is -2.06. The molecule has 0 bridgehead atoms. The second-order valence-corrected chi connectivity index (χ2v) is 4.41. The van der Waals surface area contributed by atoms with Crippen molar-refractivity contribution in [2.75, 3.05) is 5.32 Å². The Hall–Kier alpha value is -1.85. The van der Waals surface area contributed by atoms with Gasteiger partial charge in [0.05, 0.1) is 5.69 Å². The molecule has 0 saturated carbocycles. The van der Waals surface area contributed by atoms with E-state index in [0.29, 0.717) is 16.5 Å². The molecule has 18 heavy (non-hydrogen) atoms. The Bertz CT molecular complexity index is 661. The molecule has 1 aromatic heterocycles. The Kier molecular flexibility index (Phi) is 2.57. The van der Waals surface area contributed by atoms with Gasteiger partial charge in [0.15, 0.2) is 10.9 Å². The maximum absolute atomic E-state index is 12.0. The monoisotopic (exact) mass is 281 g/mol. The van der Waals surface area contributed by atoms with Crippen LogP contribution in [0.4, 0.5) is 5.69 Å². The third kappa shape index (κ3) is 1.87. The van der Waals surface area contributed by atoms with E-state index in [1.807, 2.05) is 0 Å². The average molecular weight is 282 g/mol. The summed E-state index contributed by atoms with van der Waals surface area (Å²) in [5.41, 5.74) is 0.698. The maximum atomic E-state index is 12.0. The molecule has 0 radical (unpaired) electrons. The van der Waals surface area contributed by atoms with Crippen molar-refractivity contribution in [3.8, 4) is 11.6 Å². The largest absolute Gasteiger partial charge is 0.435 e. The number of halogens is 2. The molecule has 0 aliphatic carbocycles. The van der Waals surface area contributed by atoms with E-state index in [1.54, 1.807) is 18.2 Å². The van der Waals surface area contributed by atoms with Gasteiger partial charge in [0.25, 0.3) is 11.8 Å². The molecule has 0 unspecified atom stereocenters. The number of hydrogen-bond acceptors (Lipinski definition) is 4. The number of rotatable bonds is 0. The smallest absolute Gasteiger partial charge is 0.261 e. The van der Waals surface area contributed by atoms with E-state index in [4.69, 9.17) is 27.9 Å². The van der Waals surface area contributed by atoms with Gasteiger partial charge in [-0.2, -0.15) is 0 Å². The van der Waals surface area contributed by atoms with Gasteiger partial charge < -0.3 is 10.1 Å². The fraction of sp³-hybridized carbons (Fsp3) is 0. The van der Waals surface area contributed by atoms with Gasteiger partial charge in [0.2, 0.25) is 0 Å². The molecular formula is C11H5Cl2N3O2. The number of nitrogens with one attached hydrogen (secondary N) is 1. The molecule has 1 aliphatic heterocycles.